The van der Waals surface area contributed by atoms with Crippen molar-refractivity contribution in [3.05, 3.63) is 47.3 Å². The summed E-state index contributed by atoms with van der Waals surface area (Å²) in [6.45, 7) is 4.56. The summed E-state index contributed by atoms with van der Waals surface area (Å²) in [5.41, 5.74) is 4.58. The average molecular weight is 326 g/mol. The number of aliphatic hydroxyl groups is 1. The van der Waals surface area contributed by atoms with Crippen LogP contribution in [0.15, 0.2) is 30.5 Å². The average Bonchev–Trinajstić information content (AvgIpc) is 3.20. The predicted octanol–water partition coefficient (Wildman–Crippen LogP) is 1.17. The number of hydrogen-bond acceptors (Lipinski definition) is 4. The lowest BCUT2D eigenvalue weighted by Crippen LogP contribution is -2.42. The largest absolute Gasteiger partial charge is 0.394 e. The van der Waals surface area contributed by atoms with Gasteiger partial charge in [0.25, 0.3) is 0 Å². The molecular weight excluding hydrogens is 304 g/mol. The Bertz CT molecular complexity index is 770. The van der Waals surface area contributed by atoms with Crippen molar-refractivity contribution in [1.29, 1.82) is 0 Å². The molecule has 2 aliphatic heterocycles. The van der Waals surface area contributed by atoms with Crippen LogP contribution >= 0.6 is 0 Å². The molecule has 1 amide bonds. The van der Waals surface area contributed by atoms with E-state index in [2.05, 4.69) is 23.0 Å². The van der Waals surface area contributed by atoms with Gasteiger partial charge in [-0.15, -0.1) is 0 Å². The van der Waals surface area contributed by atoms with Crippen molar-refractivity contribution >= 4 is 11.6 Å². The summed E-state index contributed by atoms with van der Waals surface area (Å²) < 4.78 is 1.84. The van der Waals surface area contributed by atoms with E-state index in [0.29, 0.717) is 19.6 Å². The first-order valence-corrected chi connectivity index (χ1v) is 8.44. The smallest absolute Gasteiger partial charge is 0.241 e. The second kappa shape index (κ2) is 6.03. The number of benzene rings is 1. The number of para-hydroxylation sites is 1. The van der Waals surface area contributed by atoms with Crippen LogP contribution in [0.5, 0.6) is 0 Å². The highest BCUT2D eigenvalue weighted by atomic mass is 16.3. The van der Waals surface area contributed by atoms with Gasteiger partial charge < -0.3 is 10.0 Å². The van der Waals surface area contributed by atoms with Crippen molar-refractivity contribution in [1.82, 2.24) is 14.7 Å². The molecule has 2 aliphatic rings. The fourth-order valence-electron chi connectivity index (χ4n) is 3.89. The zero-order chi connectivity index (χ0) is 16.7. The fraction of sp³-hybridized carbons (Fsp3) is 0.444. The topological polar surface area (TPSA) is 61.6 Å². The van der Waals surface area contributed by atoms with Gasteiger partial charge in [0.1, 0.15) is 0 Å². The number of hydrogen-bond donors (Lipinski definition) is 1. The van der Waals surface area contributed by atoms with Gasteiger partial charge in [0.2, 0.25) is 5.91 Å². The Morgan fingerprint density at radius 3 is 2.96 bits per heavy atom. The second-order valence-corrected chi connectivity index (χ2v) is 6.65. The molecule has 2 aromatic rings. The third-order valence-electron chi connectivity index (χ3n) is 4.95. The summed E-state index contributed by atoms with van der Waals surface area (Å²) >= 11 is 0. The summed E-state index contributed by atoms with van der Waals surface area (Å²) in [7, 11) is 0. The molecule has 0 spiro atoms. The Morgan fingerprint density at radius 2 is 2.12 bits per heavy atom. The molecule has 1 N–H and O–H groups in total. The Morgan fingerprint density at radius 1 is 1.29 bits per heavy atom. The van der Waals surface area contributed by atoms with E-state index in [1.165, 1.54) is 5.56 Å². The highest BCUT2D eigenvalue weighted by Gasteiger charge is 2.33. The van der Waals surface area contributed by atoms with Crippen LogP contribution in [0, 0.1) is 0 Å². The summed E-state index contributed by atoms with van der Waals surface area (Å²) in [5.74, 6) is 0.152. The molecule has 6 nitrogen and oxygen atoms in total. The molecule has 126 valence electrons. The molecule has 0 radical (unpaired) electrons. The first-order valence-electron chi connectivity index (χ1n) is 8.44. The number of carbonyl (C=O) groups is 1. The van der Waals surface area contributed by atoms with Gasteiger partial charge >= 0.3 is 0 Å². The van der Waals surface area contributed by atoms with Crippen molar-refractivity contribution in [3.63, 3.8) is 0 Å². The van der Waals surface area contributed by atoms with E-state index in [-0.39, 0.29) is 18.6 Å². The molecule has 6 heteroatoms. The molecule has 1 atom stereocenters. The van der Waals surface area contributed by atoms with Gasteiger partial charge in [-0.3, -0.25) is 14.4 Å². The van der Waals surface area contributed by atoms with Gasteiger partial charge in [-0.2, -0.15) is 5.10 Å². The number of nitrogens with zero attached hydrogens (tertiary/aromatic N) is 4. The van der Waals surface area contributed by atoms with E-state index in [9.17, 15) is 4.79 Å². The Labute approximate surface area is 141 Å². The number of aliphatic hydroxyl groups excluding tert-OH is 1. The zero-order valence-electron chi connectivity index (χ0n) is 13.9. The molecule has 1 aromatic heterocycles. The maximum absolute atomic E-state index is 12.9. The van der Waals surface area contributed by atoms with E-state index in [1.54, 1.807) is 0 Å². The Balaban J connectivity index is 1.46. The van der Waals surface area contributed by atoms with E-state index < -0.39 is 0 Å². The third-order valence-corrected chi connectivity index (χ3v) is 4.95. The molecule has 0 aliphatic carbocycles. The van der Waals surface area contributed by atoms with Gasteiger partial charge in [-0.05, 0) is 25.0 Å². The molecular formula is C18H22N4O2. The van der Waals surface area contributed by atoms with Crippen LogP contribution in [0.25, 0.3) is 0 Å². The monoisotopic (exact) mass is 326 g/mol. The van der Waals surface area contributed by atoms with E-state index in [4.69, 9.17) is 5.11 Å². The molecule has 24 heavy (non-hydrogen) atoms. The molecule has 0 saturated heterocycles. The Kier molecular flexibility index (Phi) is 3.86. The SMILES string of the molecule is C[C@@H]1Cc2ccccc2N1C(=O)CN1Cc2cnn(CCO)c2C1. The fourth-order valence-corrected chi connectivity index (χ4v) is 3.89. The van der Waals surface area contributed by atoms with E-state index >= 15 is 0 Å². The standard InChI is InChI=1S/C18H22N4O2/c1-13-8-14-4-2-3-5-16(14)22(13)18(24)12-20-10-15-9-19-21(6-7-23)17(15)11-20/h2-5,9,13,23H,6-8,10-12H2,1H3/t13-/m1/s1. The van der Waals surface area contributed by atoms with Gasteiger partial charge in [-0.25, -0.2) is 0 Å². The maximum atomic E-state index is 12.9. The number of rotatable bonds is 4. The molecule has 0 unspecified atom stereocenters. The van der Waals surface area contributed by atoms with Gasteiger partial charge in [-0.1, -0.05) is 18.2 Å². The molecule has 3 heterocycles. The van der Waals surface area contributed by atoms with Crippen molar-refractivity contribution in [2.75, 3.05) is 18.1 Å². The van der Waals surface area contributed by atoms with Gasteiger partial charge in [0.05, 0.1) is 31.6 Å². The first-order chi connectivity index (χ1) is 11.7. The number of amides is 1. The first kappa shape index (κ1) is 15.4. The maximum Gasteiger partial charge on any atom is 0.241 e. The van der Waals surface area contributed by atoms with Crippen LogP contribution in [0.4, 0.5) is 5.69 Å². The molecule has 4 rings (SSSR count). The summed E-state index contributed by atoms with van der Waals surface area (Å²) in [6.07, 6.45) is 2.77. The summed E-state index contributed by atoms with van der Waals surface area (Å²) in [6, 6.07) is 8.38. The van der Waals surface area contributed by atoms with Crippen molar-refractivity contribution < 1.29 is 9.90 Å². The number of aromatic nitrogens is 2. The van der Waals surface area contributed by atoms with Crippen LogP contribution in [0.2, 0.25) is 0 Å². The lowest BCUT2D eigenvalue weighted by atomic mass is 10.1. The van der Waals surface area contributed by atoms with E-state index in [0.717, 1.165) is 29.9 Å². The molecule has 0 fully saturated rings. The van der Waals surface area contributed by atoms with Crippen molar-refractivity contribution in [3.8, 4) is 0 Å². The Hall–Kier alpha value is -2.18. The lowest BCUT2D eigenvalue weighted by Gasteiger charge is -2.25. The second-order valence-electron chi connectivity index (χ2n) is 6.65. The minimum Gasteiger partial charge on any atom is -0.394 e. The van der Waals surface area contributed by atoms with Crippen molar-refractivity contribution in [2.24, 2.45) is 0 Å². The zero-order valence-corrected chi connectivity index (χ0v) is 13.9. The van der Waals surface area contributed by atoms with Crippen LogP contribution in [0.1, 0.15) is 23.7 Å². The normalized spacial score (nSPS) is 19.6. The molecule has 1 aromatic carbocycles. The summed E-state index contributed by atoms with van der Waals surface area (Å²) in [5, 5.41) is 13.4. The van der Waals surface area contributed by atoms with Crippen LogP contribution in [-0.4, -0.2) is 44.9 Å². The van der Waals surface area contributed by atoms with Gasteiger partial charge in [0.15, 0.2) is 0 Å². The number of fused-ring (bicyclic) bond motifs is 2. The molecule has 0 bridgehead atoms. The van der Waals surface area contributed by atoms with Crippen LogP contribution in [0.3, 0.4) is 0 Å². The third kappa shape index (κ3) is 2.52. The summed E-state index contributed by atoms with van der Waals surface area (Å²) in [4.78, 5) is 17.0. The molecule has 0 saturated carbocycles. The van der Waals surface area contributed by atoms with Crippen LogP contribution in [-0.2, 0) is 30.8 Å². The van der Waals surface area contributed by atoms with Crippen LogP contribution < -0.4 is 4.90 Å². The quantitative estimate of drug-likeness (QED) is 0.916. The minimum absolute atomic E-state index is 0.0785. The predicted molar refractivity (Wildman–Crippen MR) is 90.5 cm³/mol. The number of carbonyl (C=O) groups excluding carboxylic acids is 1. The van der Waals surface area contributed by atoms with Crippen molar-refractivity contribution in [2.45, 2.75) is 39.0 Å². The lowest BCUT2D eigenvalue weighted by molar-refractivity contribution is -0.120. The minimum atomic E-state index is 0.0785. The van der Waals surface area contributed by atoms with Gasteiger partial charge in [0, 0.05) is 30.4 Å². The highest BCUT2D eigenvalue weighted by molar-refractivity contribution is 5.97. The highest BCUT2D eigenvalue weighted by Crippen LogP contribution is 2.32. The number of anilines is 1. The van der Waals surface area contributed by atoms with E-state index in [1.807, 2.05) is 34.0 Å².